The molecule has 1 aromatic carbocycles. The predicted octanol–water partition coefficient (Wildman–Crippen LogP) is 3.42. The highest BCUT2D eigenvalue weighted by molar-refractivity contribution is 8.19. The minimum absolute atomic E-state index is 0.139. The Morgan fingerprint density at radius 1 is 1.15 bits per heavy atom. The number of amides is 1. The highest BCUT2D eigenvalue weighted by Gasteiger charge is 2.23. The van der Waals surface area contributed by atoms with E-state index in [0.29, 0.717) is 4.58 Å². The zero-order valence-electron chi connectivity index (χ0n) is 14.9. The van der Waals surface area contributed by atoms with Crippen molar-refractivity contribution in [3.8, 4) is 0 Å². The molecule has 4 rings (SSSR count). The van der Waals surface area contributed by atoms with Crippen LogP contribution in [0.1, 0.15) is 32.0 Å². The molecule has 3 heterocycles. The van der Waals surface area contributed by atoms with Crippen LogP contribution in [0.2, 0.25) is 0 Å². The number of carbonyl (C=O) groups is 1. The first-order chi connectivity index (χ1) is 12.7. The molecule has 0 radical (unpaired) electrons. The zero-order valence-corrected chi connectivity index (χ0v) is 16.5. The monoisotopic (exact) mass is 389 g/mol. The van der Waals surface area contributed by atoms with E-state index < -0.39 is 0 Å². The average molecular weight is 390 g/mol. The lowest BCUT2D eigenvalue weighted by Crippen LogP contribution is -2.48. The fraction of sp³-hybridized carbons (Fsp3) is 0.474. The molecule has 2 saturated heterocycles. The smallest absolute Gasteiger partial charge is 0.253 e. The molecule has 2 aliphatic heterocycles. The van der Waals surface area contributed by atoms with E-state index in [4.69, 9.17) is 4.52 Å². The Balaban J connectivity index is 1.31. The quantitative estimate of drug-likeness (QED) is 0.799. The van der Waals surface area contributed by atoms with E-state index in [0.717, 1.165) is 49.7 Å². The molecule has 2 aromatic rings. The van der Waals surface area contributed by atoms with Gasteiger partial charge in [0.25, 0.3) is 5.91 Å². The van der Waals surface area contributed by atoms with Crippen LogP contribution in [-0.2, 0) is 6.54 Å². The first-order valence-corrected chi connectivity index (χ1v) is 11.1. The summed E-state index contributed by atoms with van der Waals surface area (Å²) >= 11 is 3.98. The van der Waals surface area contributed by atoms with E-state index in [1.807, 2.05) is 53.5 Å². The van der Waals surface area contributed by atoms with Crippen LogP contribution in [0.4, 0.5) is 0 Å². The van der Waals surface area contributed by atoms with Gasteiger partial charge in [-0.2, -0.15) is 0 Å². The fourth-order valence-corrected chi connectivity index (χ4v) is 6.21. The van der Waals surface area contributed by atoms with Crippen molar-refractivity contribution in [1.82, 2.24) is 15.0 Å². The summed E-state index contributed by atoms with van der Waals surface area (Å²) < 4.78 is 5.66. The van der Waals surface area contributed by atoms with E-state index in [1.54, 1.807) is 0 Å². The van der Waals surface area contributed by atoms with E-state index in [-0.39, 0.29) is 5.91 Å². The second kappa shape index (κ2) is 8.06. The van der Waals surface area contributed by atoms with Crippen LogP contribution >= 0.6 is 23.5 Å². The molecule has 26 heavy (non-hydrogen) atoms. The van der Waals surface area contributed by atoms with Crippen LogP contribution in [0.3, 0.4) is 0 Å². The van der Waals surface area contributed by atoms with Gasteiger partial charge < -0.3 is 9.42 Å². The Bertz CT molecular complexity index is 748. The number of hydrogen-bond donors (Lipinski definition) is 0. The van der Waals surface area contributed by atoms with Crippen molar-refractivity contribution in [2.24, 2.45) is 0 Å². The van der Waals surface area contributed by atoms with Crippen molar-refractivity contribution in [2.45, 2.75) is 18.1 Å². The van der Waals surface area contributed by atoms with Crippen LogP contribution in [0, 0.1) is 6.92 Å². The van der Waals surface area contributed by atoms with E-state index in [2.05, 4.69) is 22.2 Å². The second-order valence-electron chi connectivity index (χ2n) is 6.69. The molecule has 5 nitrogen and oxygen atoms in total. The Hall–Kier alpha value is -1.44. The molecule has 0 N–H and O–H groups in total. The molecular formula is C19H23N3O2S2. The van der Waals surface area contributed by atoms with Gasteiger partial charge in [-0.25, -0.2) is 0 Å². The molecule has 1 amide bonds. The minimum Gasteiger partial charge on any atom is -0.361 e. The third kappa shape index (κ3) is 4.10. The number of nitrogens with zero attached hydrogens (tertiary/aromatic N) is 3. The maximum Gasteiger partial charge on any atom is 0.253 e. The first kappa shape index (κ1) is 17.9. The lowest BCUT2D eigenvalue weighted by molar-refractivity contribution is 0.0625. The maximum atomic E-state index is 12.8. The van der Waals surface area contributed by atoms with Gasteiger partial charge in [0.1, 0.15) is 5.76 Å². The van der Waals surface area contributed by atoms with Gasteiger partial charge in [-0.1, -0.05) is 17.3 Å². The highest BCUT2D eigenvalue weighted by Crippen LogP contribution is 2.45. The number of aryl methyl sites for hydroxylation is 1. The van der Waals surface area contributed by atoms with Crippen molar-refractivity contribution < 1.29 is 9.32 Å². The lowest BCUT2D eigenvalue weighted by Gasteiger charge is -2.34. The Morgan fingerprint density at radius 3 is 2.46 bits per heavy atom. The van der Waals surface area contributed by atoms with Crippen molar-refractivity contribution in [3.05, 3.63) is 52.9 Å². The summed E-state index contributed by atoms with van der Waals surface area (Å²) in [6, 6.07) is 10.2. The first-order valence-electron chi connectivity index (χ1n) is 8.96. The van der Waals surface area contributed by atoms with Crippen LogP contribution in [-0.4, -0.2) is 58.5 Å². The number of aromatic nitrogens is 1. The summed E-state index contributed by atoms with van der Waals surface area (Å²) in [5.74, 6) is 3.41. The van der Waals surface area contributed by atoms with Gasteiger partial charge in [0.2, 0.25) is 0 Å². The summed E-state index contributed by atoms with van der Waals surface area (Å²) in [6.45, 7) is 5.93. The number of piperazine rings is 1. The Labute approximate surface area is 162 Å². The maximum absolute atomic E-state index is 12.8. The third-order valence-corrected chi connectivity index (χ3v) is 7.88. The number of benzene rings is 1. The highest BCUT2D eigenvalue weighted by atomic mass is 32.2. The van der Waals surface area contributed by atoms with E-state index in [9.17, 15) is 4.79 Å². The van der Waals surface area contributed by atoms with Crippen LogP contribution < -0.4 is 0 Å². The standard InChI is InChI=1S/C19H23N3O2S2/c1-14-12-17(20-24-14)13-21-6-8-22(9-7-21)18(23)15-2-4-16(5-3-15)19-25-10-11-26-19/h2-5,12,19H,6-11,13H2,1H3. The van der Waals surface area contributed by atoms with E-state index in [1.165, 1.54) is 17.1 Å². The zero-order chi connectivity index (χ0) is 17.9. The molecular weight excluding hydrogens is 366 g/mol. The largest absolute Gasteiger partial charge is 0.361 e. The van der Waals surface area contributed by atoms with Crippen molar-refractivity contribution in [3.63, 3.8) is 0 Å². The summed E-state index contributed by atoms with van der Waals surface area (Å²) in [5.41, 5.74) is 3.07. The van der Waals surface area contributed by atoms with Crippen LogP contribution in [0.5, 0.6) is 0 Å². The van der Waals surface area contributed by atoms with Gasteiger partial charge in [-0.05, 0) is 24.6 Å². The fourth-order valence-electron chi connectivity index (χ4n) is 3.35. The van der Waals surface area contributed by atoms with Gasteiger partial charge in [-0.3, -0.25) is 9.69 Å². The normalized spacial score (nSPS) is 19.2. The van der Waals surface area contributed by atoms with Crippen molar-refractivity contribution in [1.29, 1.82) is 0 Å². The lowest BCUT2D eigenvalue weighted by atomic mass is 10.1. The second-order valence-corrected chi connectivity index (χ2v) is 9.42. The molecule has 0 spiro atoms. The minimum atomic E-state index is 0.139. The van der Waals surface area contributed by atoms with E-state index >= 15 is 0 Å². The number of carbonyl (C=O) groups excluding carboxylic acids is 1. The molecule has 0 unspecified atom stereocenters. The molecule has 2 aliphatic rings. The van der Waals surface area contributed by atoms with Gasteiger partial charge in [0.15, 0.2) is 0 Å². The Morgan fingerprint density at radius 2 is 1.85 bits per heavy atom. The molecule has 2 fully saturated rings. The van der Waals surface area contributed by atoms with Gasteiger partial charge >= 0.3 is 0 Å². The van der Waals surface area contributed by atoms with Crippen LogP contribution in [0.15, 0.2) is 34.9 Å². The molecule has 0 bridgehead atoms. The number of rotatable bonds is 4. The van der Waals surface area contributed by atoms with Crippen LogP contribution in [0.25, 0.3) is 0 Å². The van der Waals surface area contributed by atoms with Crippen molar-refractivity contribution in [2.75, 3.05) is 37.7 Å². The molecule has 1 aromatic heterocycles. The Kier molecular flexibility index (Phi) is 5.57. The number of hydrogen-bond acceptors (Lipinski definition) is 6. The third-order valence-electron chi connectivity index (χ3n) is 4.77. The summed E-state index contributed by atoms with van der Waals surface area (Å²) in [4.78, 5) is 17.0. The molecule has 0 aliphatic carbocycles. The molecule has 138 valence electrons. The predicted molar refractivity (Wildman–Crippen MR) is 107 cm³/mol. The van der Waals surface area contributed by atoms with Gasteiger partial charge in [0.05, 0.1) is 10.3 Å². The summed E-state index contributed by atoms with van der Waals surface area (Å²) in [6.07, 6.45) is 0. The molecule has 0 atom stereocenters. The van der Waals surface area contributed by atoms with Gasteiger partial charge in [-0.15, -0.1) is 23.5 Å². The molecule has 0 saturated carbocycles. The van der Waals surface area contributed by atoms with Gasteiger partial charge in [0, 0.05) is 55.9 Å². The summed E-state index contributed by atoms with van der Waals surface area (Å²) in [7, 11) is 0. The average Bonchev–Trinajstić information content (AvgIpc) is 3.34. The number of thioether (sulfide) groups is 2. The van der Waals surface area contributed by atoms with Crippen molar-refractivity contribution >= 4 is 29.4 Å². The SMILES string of the molecule is Cc1cc(CN2CCN(C(=O)c3ccc(C4SCCS4)cc3)CC2)no1. The molecule has 7 heteroatoms. The topological polar surface area (TPSA) is 49.6 Å². The summed E-state index contributed by atoms with van der Waals surface area (Å²) in [5, 5.41) is 4.05.